The summed E-state index contributed by atoms with van der Waals surface area (Å²) in [4.78, 5) is 13.8. The number of imidazole rings is 1. The maximum atomic E-state index is 14.4. The number of nitrogens with zero attached hydrogens (tertiary/aromatic N) is 4. The van der Waals surface area contributed by atoms with Crippen LogP contribution in [0.2, 0.25) is 0 Å². The lowest BCUT2D eigenvalue weighted by atomic mass is 9.90. The third-order valence-corrected chi connectivity index (χ3v) is 6.95. The summed E-state index contributed by atoms with van der Waals surface area (Å²) in [6, 6.07) is 3.92. The Bertz CT molecular complexity index is 1150. The van der Waals surface area contributed by atoms with Crippen molar-refractivity contribution >= 4 is 28.7 Å². The molecule has 2 atom stereocenters. The zero-order valence-electron chi connectivity index (χ0n) is 19.4. The van der Waals surface area contributed by atoms with Crippen molar-refractivity contribution in [2.24, 2.45) is 5.92 Å². The number of aromatic nitrogens is 4. The standard InChI is InChI=1S/C24H30F2N6O2.CH4/c1-24(2,33)14-6-7-15(12-14)28-22-27-13-19-21(31-22)32(16-8-10-34-11-9-16)23(29-19)30-20-17(25)4-3-5-18(20)26;/h3-5,13-16,33H,6-12H2,1-2H3,(H,29,30)(H,27,28,31);1H4/t14-,15+;/m1./s1. The third kappa shape index (κ3) is 5.23. The molecular formula is C25H34F2N6O2. The minimum atomic E-state index is -0.717. The van der Waals surface area contributed by atoms with Gasteiger partial charge in [-0.25, -0.2) is 18.7 Å². The molecular weight excluding hydrogens is 454 g/mol. The number of nitrogens with one attached hydrogen (secondary N) is 2. The molecule has 0 unspecified atom stereocenters. The van der Waals surface area contributed by atoms with Gasteiger partial charge in [-0.2, -0.15) is 4.98 Å². The van der Waals surface area contributed by atoms with Gasteiger partial charge in [0.1, 0.15) is 22.8 Å². The second-order valence-corrected chi connectivity index (χ2v) is 9.78. The SMILES string of the molecule is C.CC(C)(O)[C@@H]1CC[C@H](Nc2ncc3nc(Nc4c(F)cccc4F)n(C4CCOCC4)c3n2)C1. The molecule has 2 aliphatic rings. The van der Waals surface area contributed by atoms with E-state index in [0.717, 1.165) is 32.1 Å². The van der Waals surface area contributed by atoms with Gasteiger partial charge in [0.25, 0.3) is 0 Å². The Morgan fingerprint density at radius 1 is 1.09 bits per heavy atom. The van der Waals surface area contributed by atoms with Crippen molar-refractivity contribution in [1.29, 1.82) is 0 Å². The molecule has 3 N–H and O–H groups in total. The molecule has 1 saturated heterocycles. The third-order valence-electron chi connectivity index (χ3n) is 6.95. The summed E-state index contributed by atoms with van der Waals surface area (Å²) in [5, 5.41) is 16.6. The predicted octanol–water partition coefficient (Wildman–Crippen LogP) is 5.19. The van der Waals surface area contributed by atoms with E-state index in [1.807, 2.05) is 18.4 Å². The molecule has 8 nitrogen and oxygen atoms in total. The molecule has 1 saturated carbocycles. The Kier molecular flexibility index (Phi) is 7.23. The van der Waals surface area contributed by atoms with E-state index < -0.39 is 17.2 Å². The van der Waals surface area contributed by atoms with Crippen molar-refractivity contribution in [2.45, 2.75) is 71.1 Å². The second kappa shape index (κ2) is 10.0. The Morgan fingerprint density at radius 3 is 2.46 bits per heavy atom. The molecule has 3 aromatic rings. The summed E-state index contributed by atoms with van der Waals surface area (Å²) < 4.78 is 36.1. The maximum absolute atomic E-state index is 14.4. The lowest BCUT2D eigenvalue weighted by molar-refractivity contribution is 0.0197. The van der Waals surface area contributed by atoms with E-state index in [-0.39, 0.29) is 31.1 Å². The molecule has 2 fully saturated rings. The highest BCUT2D eigenvalue weighted by Gasteiger charge is 2.35. The summed E-state index contributed by atoms with van der Waals surface area (Å²) in [5.41, 5.74) is 0.171. The lowest BCUT2D eigenvalue weighted by Crippen LogP contribution is -2.30. The first-order valence-corrected chi connectivity index (χ1v) is 11.8. The topological polar surface area (TPSA) is 97.1 Å². The van der Waals surface area contributed by atoms with Gasteiger partial charge in [0.05, 0.1) is 11.8 Å². The zero-order chi connectivity index (χ0) is 23.9. The first-order chi connectivity index (χ1) is 16.3. The van der Waals surface area contributed by atoms with Crippen LogP contribution in [0.3, 0.4) is 0 Å². The summed E-state index contributed by atoms with van der Waals surface area (Å²) >= 11 is 0. The van der Waals surface area contributed by atoms with Crippen molar-refractivity contribution < 1.29 is 18.6 Å². The molecule has 0 spiro atoms. The van der Waals surface area contributed by atoms with Gasteiger partial charge in [-0.05, 0) is 64.0 Å². The van der Waals surface area contributed by atoms with Gasteiger partial charge in [-0.1, -0.05) is 13.5 Å². The molecule has 3 heterocycles. The van der Waals surface area contributed by atoms with Crippen molar-refractivity contribution in [3.05, 3.63) is 36.0 Å². The summed E-state index contributed by atoms with van der Waals surface area (Å²) in [6.07, 6.45) is 5.81. The average molecular weight is 489 g/mol. The monoisotopic (exact) mass is 488 g/mol. The quantitative estimate of drug-likeness (QED) is 0.439. The molecule has 190 valence electrons. The van der Waals surface area contributed by atoms with Crippen molar-refractivity contribution in [3.63, 3.8) is 0 Å². The lowest BCUT2D eigenvalue weighted by Gasteiger charge is -2.26. The maximum Gasteiger partial charge on any atom is 0.224 e. The number of hydrogen-bond donors (Lipinski definition) is 3. The number of rotatable bonds is 6. The number of hydrogen-bond acceptors (Lipinski definition) is 7. The van der Waals surface area contributed by atoms with Gasteiger partial charge in [0, 0.05) is 25.3 Å². The fraction of sp³-hybridized carbons (Fsp3) is 0.560. The number of benzene rings is 1. The minimum absolute atomic E-state index is 0. The van der Waals surface area contributed by atoms with Crippen LogP contribution in [0, 0.1) is 17.6 Å². The number of anilines is 3. The minimum Gasteiger partial charge on any atom is -0.390 e. The summed E-state index contributed by atoms with van der Waals surface area (Å²) in [5.74, 6) is -0.373. The fourth-order valence-corrected chi connectivity index (χ4v) is 5.00. The van der Waals surface area contributed by atoms with Gasteiger partial charge in [-0.15, -0.1) is 0 Å². The highest BCUT2D eigenvalue weighted by atomic mass is 19.1. The number of aliphatic hydroxyl groups is 1. The van der Waals surface area contributed by atoms with E-state index in [1.54, 1.807) is 6.20 Å². The second-order valence-electron chi connectivity index (χ2n) is 9.78. The first kappa shape index (κ1) is 25.2. The van der Waals surface area contributed by atoms with Crippen molar-refractivity contribution in [2.75, 3.05) is 23.8 Å². The highest BCUT2D eigenvalue weighted by Crippen LogP contribution is 2.36. The Hall–Kier alpha value is -2.85. The van der Waals surface area contributed by atoms with Crippen LogP contribution < -0.4 is 10.6 Å². The number of para-hydroxylation sites is 1. The van der Waals surface area contributed by atoms with Crippen LogP contribution in [0.25, 0.3) is 11.2 Å². The zero-order valence-corrected chi connectivity index (χ0v) is 19.4. The predicted molar refractivity (Wildman–Crippen MR) is 132 cm³/mol. The van der Waals surface area contributed by atoms with E-state index >= 15 is 0 Å². The molecule has 35 heavy (non-hydrogen) atoms. The highest BCUT2D eigenvalue weighted by molar-refractivity contribution is 5.76. The Labute approximate surface area is 204 Å². The normalized spacial score (nSPS) is 21.2. The Balaban J connectivity index is 0.00000289. The molecule has 1 aliphatic heterocycles. The van der Waals surface area contributed by atoms with Gasteiger partial charge >= 0.3 is 0 Å². The van der Waals surface area contributed by atoms with E-state index in [9.17, 15) is 13.9 Å². The van der Waals surface area contributed by atoms with Crippen molar-refractivity contribution in [1.82, 2.24) is 19.5 Å². The fourth-order valence-electron chi connectivity index (χ4n) is 5.00. The molecule has 0 bridgehead atoms. The first-order valence-electron chi connectivity index (χ1n) is 11.8. The molecule has 5 rings (SSSR count). The van der Waals surface area contributed by atoms with Gasteiger partial charge in [-0.3, -0.25) is 4.57 Å². The molecule has 2 aromatic heterocycles. The largest absolute Gasteiger partial charge is 0.390 e. The molecule has 1 aliphatic carbocycles. The number of halogens is 2. The van der Waals surface area contributed by atoms with Crippen LogP contribution in [0.5, 0.6) is 0 Å². The van der Waals surface area contributed by atoms with Crippen LogP contribution >= 0.6 is 0 Å². The van der Waals surface area contributed by atoms with Gasteiger partial charge in [0.2, 0.25) is 11.9 Å². The smallest absolute Gasteiger partial charge is 0.224 e. The van der Waals surface area contributed by atoms with Crippen LogP contribution in [-0.2, 0) is 4.74 Å². The molecule has 0 radical (unpaired) electrons. The summed E-state index contributed by atoms with van der Waals surface area (Å²) in [6.45, 7) is 4.88. The van der Waals surface area contributed by atoms with Crippen molar-refractivity contribution in [3.8, 4) is 0 Å². The van der Waals surface area contributed by atoms with Crippen LogP contribution in [0.1, 0.15) is 59.4 Å². The van der Waals surface area contributed by atoms with Crippen LogP contribution in [-0.4, -0.2) is 49.5 Å². The van der Waals surface area contributed by atoms with Crippen LogP contribution in [0.4, 0.5) is 26.4 Å². The van der Waals surface area contributed by atoms with Gasteiger partial charge in [0.15, 0.2) is 5.65 Å². The Morgan fingerprint density at radius 2 is 1.80 bits per heavy atom. The number of ether oxygens (including phenoxy) is 1. The average Bonchev–Trinajstić information content (AvgIpc) is 3.41. The van der Waals surface area contributed by atoms with Crippen LogP contribution in [0.15, 0.2) is 24.4 Å². The molecule has 0 amide bonds. The molecule has 10 heteroatoms. The van der Waals surface area contributed by atoms with E-state index in [4.69, 9.17) is 9.72 Å². The van der Waals surface area contributed by atoms with E-state index in [0.29, 0.717) is 36.3 Å². The summed E-state index contributed by atoms with van der Waals surface area (Å²) in [7, 11) is 0. The van der Waals surface area contributed by atoms with Gasteiger partial charge < -0.3 is 20.5 Å². The van der Waals surface area contributed by atoms with E-state index in [2.05, 4.69) is 20.6 Å². The molecule has 1 aromatic carbocycles. The van der Waals surface area contributed by atoms with E-state index in [1.165, 1.54) is 18.2 Å². The number of fused-ring (bicyclic) bond motifs is 1.